The number of esters is 1. The summed E-state index contributed by atoms with van der Waals surface area (Å²) in [6, 6.07) is -2.08. The number of nitrogens with two attached hydrogens (primary N) is 1. The standard InChI is InChI=1S/C23H39N3O5.ClH/c1-7-31-21(30)17(27)14(10-12-8-9-12)25-19(28)16-15-13(23(15,5)6)11-26(16)20(29)18(24)22(2,3)4;/h12-18,27H,7-11,24H2,1-6H3,(H,25,28);1H/t13-,14?,15-,16-,17?,18?;/m0./s1. The Morgan fingerprint density at radius 2 is 1.84 bits per heavy atom. The molecule has 184 valence electrons. The minimum atomic E-state index is -1.42. The molecule has 3 rings (SSSR count). The molecule has 0 aromatic rings. The number of aliphatic hydroxyl groups excluding tert-OH is 1. The molecule has 2 aliphatic carbocycles. The molecule has 1 aliphatic heterocycles. The van der Waals surface area contributed by atoms with E-state index in [-0.39, 0.29) is 48.1 Å². The van der Waals surface area contributed by atoms with Crippen LogP contribution in [0.3, 0.4) is 0 Å². The van der Waals surface area contributed by atoms with E-state index in [2.05, 4.69) is 19.2 Å². The lowest BCUT2D eigenvalue weighted by Crippen LogP contribution is -2.59. The number of piperidine rings is 1. The second kappa shape index (κ2) is 9.47. The highest BCUT2D eigenvalue weighted by Gasteiger charge is 2.69. The predicted molar refractivity (Wildman–Crippen MR) is 123 cm³/mol. The molecule has 8 nitrogen and oxygen atoms in total. The number of nitrogens with one attached hydrogen (secondary N) is 1. The Kier molecular flexibility index (Phi) is 7.95. The fourth-order valence-electron chi connectivity index (χ4n) is 5.00. The van der Waals surface area contributed by atoms with Crippen molar-refractivity contribution >= 4 is 30.2 Å². The third-order valence-electron chi connectivity index (χ3n) is 7.48. The van der Waals surface area contributed by atoms with E-state index in [0.717, 1.165) is 12.8 Å². The van der Waals surface area contributed by atoms with Gasteiger partial charge >= 0.3 is 5.97 Å². The van der Waals surface area contributed by atoms with Gasteiger partial charge in [0.25, 0.3) is 0 Å². The lowest BCUT2D eigenvalue weighted by Gasteiger charge is -2.36. The molecule has 3 unspecified atom stereocenters. The van der Waals surface area contributed by atoms with Gasteiger partial charge in [-0.25, -0.2) is 4.79 Å². The largest absolute Gasteiger partial charge is 0.464 e. The van der Waals surface area contributed by atoms with Crippen molar-refractivity contribution in [2.75, 3.05) is 13.2 Å². The van der Waals surface area contributed by atoms with Gasteiger partial charge in [0.1, 0.15) is 6.04 Å². The molecule has 0 bridgehead atoms. The van der Waals surface area contributed by atoms with Gasteiger partial charge in [-0.3, -0.25) is 9.59 Å². The summed E-state index contributed by atoms with van der Waals surface area (Å²) in [7, 11) is 0. The average molecular weight is 474 g/mol. The summed E-state index contributed by atoms with van der Waals surface area (Å²) < 4.78 is 4.96. The zero-order chi connectivity index (χ0) is 23.3. The summed E-state index contributed by atoms with van der Waals surface area (Å²) in [5.74, 6) is -0.592. The number of aliphatic hydroxyl groups is 1. The van der Waals surface area contributed by atoms with Crippen LogP contribution in [-0.2, 0) is 19.1 Å². The molecule has 0 radical (unpaired) electrons. The number of carbonyl (C=O) groups excluding carboxylic acids is 3. The maximum Gasteiger partial charge on any atom is 0.337 e. The molecule has 0 aromatic carbocycles. The summed E-state index contributed by atoms with van der Waals surface area (Å²) in [6.07, 6.45) is 1.14. The lowest BCUT2D eigenvalue weighted by molar-refractivity contribution is -0.155. The van der Waals surface area contributed by atoms with Crippen LogP contribution in [0.15, 0.2) is 0 Å². The normalized spacial score (nSPS) is 28.6. The van der Waals surface area contributed by atoms with Gasteiger partial charge in [-0.05, 0) is 41.9 Å². The minimum Gasteiger partial charge on any atom is -0.464 e. The van der Waals surface area contributed by atoms with E-state index in [1.165, 1.54) is 0 Å². The van der Waals surface area contributed by atoms with Gasteiger partial charge < -0.3 is 25.8 Å². The zero-order valence-corrected chi connectivity index (χ0v) is 20.9. The second-order valence-electron chi connectivity index (χ2n) is 11.2. The van der Waals surface area contributed by atoms with Crippen LogP contribution in [0.1, 0.15) is 60.8 Å². The van der Waals surface area contributed by atoms with Gasteiger partial charge in [0.05, 0.1) is 18.7 Å². The number of halogens is 1. The Bertz CT molecular complexity index is 734. The fraction of sp³-hybridized carbons (Fsp3) is 0.870. The van der Waals surface area contributed by atoms with Crippen molar-refractivity contribution in [1.82, 2.24) is 10.2 Å². The molecule has 3 aliphatic rings. The molecular weight excluding hydrogens is 434 g/mol. The topological polar surface area (TPSA) is 122 Å². The first kappa shape index (κ1) is 26.9. The van der Waals surface area contributed by atoms with E-state index in [0.29, 0.717) is 18.9 Å². The molecule has 0 aromatic heterocycles. The number of rotatable bonds is 8. The van der Waals surface area contributed by atoms with Crippen LogP contribution in [0.25, 0.3) is 0 Å². The highest BCUT2D eigenvalue weighted by atomic mass is 35.5. The molecule has 1 heterocycles. The predicted octanol–water partition coefficient (Wildman–Crippen LogP) is 1.47. The first-order valence-corrected chi connectivity index (χ1v) is 11.5. The van der Waals surface area contributed by atoms with Gasteiger partial charge in [-0.2, -0.15) is 0 Å². The minimum absolute atomic E-state index is 0. The Balaban J connectivity index is 0.00000363. The number of hydrogen-bond acceptors (Lipinski definition) is 6. The maximum atomic E-state index is 13.4. The van der Waals surface area contributed by atoms with Crippen LogP contribution in [0.4, 0.5) is 0 Å². The Morgan fingerprint density at radius 3 is 2.34 bits per heavy atom. The average Bonchev–Trinajstić information content (AvgIpc) is 3.52. The third kappa shape index (κ3) is 5.23. The van der Waals surface area contributed by atoms with Crippen LogP contribution in [-0.4, -0.2) is 65.2 Å². The van der Waals surface area contributed by atoms with Crippen LogP contribution in [0.5, 0.6) is 0 Å². The molecule has 4 N–H and O–H groups in total. The van der Waals surface area contributed by atoms with E-state index in [1.54, 1.807) is 11.8 Å². The van der Waals surface area contributed by atoms with Crippen molar-refractivity contribution in [3.05, 3.63) is 0 Å². The summed E-state index contributed by atoms with van der Waals surface area (Å²) in [5, 5.41) is 13.4. The second-order valence-corrected chi connectivity index (χ2v) is 11.2. The summed E-state index contributed by atoms with van der Waals surface area (Å²) in [6.45, 7) is 12.3. The highest BCUT2D eigenvalue weighted by Crippen LogP contribution is 2.65. The van der Waals surface area contributed by atoms with Gasteiger partial charge in [0.15, 0.2) is 6.10 Å². The van der Waals surface area contributed by atoms with Gasteiger partial charge in [0.2, 0.25) is 11.8 Å². The third-order valence-corrected chi connectivity index (χ3v) is 7.48. The quantitative estimate of drug-likeness (QED) is 0.459. The molecule has 2 saturated carbocycles. The molecule has 2 amide bonds. The SMILES string of the molecule is CCOC(=O)C(O)C(CC1CC1)NC(=O)[C@@H]1[C@@H]2[C@H](CN1C(=O)C(N)C(C)(C)C)C2(C)C.Cl. The summed E-state index contributed by atoms with van der Waals surface area (Å²) >= 11 is 0. The smallest absolute Gasteiger partial charge is 0.337 e. The van der Waals surface area contributed by atoms with E-state index in [9.17, 15) is 19.5 Å². The number of ether oxygens (including phenoxy) is 1. The van der Waals surface area contributed by atoms with E-state index >= 15 is 0 Å². The van der Waals surface area contributed by atoms with Crippen LogP contribution < -0.4 is 11.1 Å². The van der Waals surface area contributed by atoms with Gasteiger partial charge in [-0.1, -0.05) is 47.5 Å². The molecule has 1 saturated heterocycles. The first-order chi connectivity index (χ1) is 14.3. The van der Waals surface area contributed by atoms with E-state index < -0.39 is 35.6 Å². The fourth-order valence-corrected chi connectivity index (χ4v) is 5.00. The van der Waals surface area contributed by atoms with Crippen LogP contribution in [0, 0.1) is 28.6 Å². The van der Waals surface area contributed by atoms with Crippen molar-refractivity contribution in [3.8, 4) is 0 Å². The number of nitrogens with zero attached hydrogens (tertiary/aromatic N) is 1. The zero-order valence-electron chi connectivity index (χ0n) is 20.1. The molecule has 6 atom stereocenters. The van der Waals surface area contributed by atoms with Crippen molar-refractivity contribution in [3.63, 3.8) is 0 Å². The Labute approximate surface area is 197 Å². The summed E-state index contributed by atoms with van der Waals surface area (Å²) in [4.78, 5) is 40.4. The van der Waals surface area contributed by atoms with Crippen molar-refractivity contribution < 1.29 is 24.2 Å². The molecular formula is C23H40ClN3O5. The first-order valence-electron chi connectivity index (χ1n) is 11.5. The molecule has 0 spiro atoms. The molecule has 3 fully saturated rings. The number of carbonyl (C=O) groups is 3. The van der Waals surface area contributed by atoms with Crippen molar-refractivity contribution in [1.29, 1.82) is 0 Å². The Morgan fingerprint density at radius 1 is 1.25 bits per heavy atom. The van der Waals surface area contributed by atoms with E-state index in [1.807, 2.05) is 20.8 Å². The number of fused-ring (bicyclic) bond motifs is 1. The van der Waals surface area contributed by atoms with Gasteiger partial charge in [-0.15, -0.1) is 12.4 Å². The maximum absolute atomic E-state index is 13.4. The van der Waals surface area contributed by atoms with Crippen molar-refractivity contribution in [2.45, 2.75) is 85.0 Å². The van der Waals surface area contributed by atoms with Crippen molar-refractivity contribution in [2.24, 2.45) is 34.3 Å². The van der Waals surface area contributed by atoms with Gasteiger partial charge in [0, 0.05) is 6.54 Å². The van der Waals surface area contributed by atoms with E-state index in [4.69, 9.17) is 10.5 Å². The molecule has 9 heteroatoms. The molecule has 32 heavy (non-hydrogen) atoms. The monoisotopic (exact) mass is 473 g/mol. The summed E-state index contributed by atoms with van der Waals surface area (Å²) in [5.41, 5.74) is 5.78. The van der Waals surface area contributed by atoms with Crippen LogP contribution >= 0.6 is 12.4 Å². The number of hydrogen-bond donors (Lipinski definition) is 3. The number of likely N-dealkylation sites (tertiary alicyclic amines) is 1. The lowest BCUT2D eigenvalue weighted by atomic mass is 9.86. The Hall–Kier alpha value is -1.38. The highest BCUT2D eigenvalue weighted by molar-refractivity contribution is 5.92. The number of amides is 2. The van der Waals surface area contributed by atoms with Crippen LogP contribution in [0.2, 0.25) is 0 Å².